The van der Waals surface area contributed by atoms with Gasteiger partial charge in [0.05, 0.1) is 0 Å². The summed E-state index contributed by atoms with van der Waals surface area (Å²) in [5.74, 6) is 1.76. The van der Waals surface area contributed by atoms with Gasteiger partial charge in [-0.1, -0.05) is 54.9 Å². The predicted octanol–water partition coefficient (Wildman–Crippen LogP) is 5.30. The minimum absolute atomic E-state index is 0.449. The highest BCUT2D eigenvalue weighted by Crippen LogP contribution is 2.29. The number of hydrogen-bond acceptors (Lipinski definition) is 2. The fourth-order valence-electron chi connectivity index (χ4n) is 2.00. The molecule has 0 fully saturated rings. The fourth-order valence-corrected chi connectivity index (χ4v) is 2.34. The van der Waals surface area contributed by atoms with Crippen molar-refractivity contribution in [1.82, 2.24) is 5.32 Å². The Kier molecular flexibility index (Phi) is 5.83. The van der Waals surface area contributed by atoms with E-state index in [1.165, 1.54) is 5.56 Å². The predicted molar refractivity (Wildman–Crippen MR) is 92.0 cm³/mol. The summed E-state index contributed by atoms with van der Waals surface area (Å²) < 4.78 is 7.08. The van der Waals surface area contributed by atoms with Gasteiger partial charge in [0.2, 0.25) is 0 Å². The second-order valence-electron chi connectivity index (χ2n) is 5.39. The van der Waals surface area contributed by atoms with Gasteiger partial charge < -0.3 is 10.1 Å². The average molecular weight is 348 g/mol. The number of benzene rings is 2. The van der Waals surface area contributed by atoms with Crippen molar-refractivity contribution in [2.24, 2.45) is 0 Å². The molecule has 0 radical (unpaired) electrons. The van der Waals surface area contributed by atoms with Gasteiger partial charge in [0.15, 0.2) is 0 Å². The third-order valence-corrected chi connectivity index (χ3v) is 3.78. The Balaban J connectivity index is 2.18. The molecule has 0 aliphatic rings. The summed E-state index contributed by atoms with van der Waals surface area (Å²) in [5.41, 5.74) is 2.48. The van der Waals surface area contributed by atoms with E-state index in [4.69, 9.17) is 4.74 Å². The topological polar surface area (TPSA) is 21.3 Å². The first-order chi connectivity index (χ1) is 10.1. The molecule has 112 valence electrons. The minimum Gasteiger partial charge on any atom is -0.457 e. The highest BCUT2D eigenvalue weighted by Gasteiger charge is 2.07. The molecule has 2 nitrogen and oxygen atoms in total. The van der Waals surface area contributed by atoms with Crippen LogP contribution < -0.4 is 10.1 Å². The molecule has 2 aromatic carbocycles. The second-order valence-corrected chi connectivity index (χ2v) is 6.30. The van der Waals surface area contributed by atoms with Gasteiger partial charge in [-0.15, -0.1) is 0 Å². The molecule has 2 rings (SSSR count). The Hall–Kier alpha value is -1.32. The van der Waals surface area contributed by atoms with Crippen LogP contribution in [0.5, 0.6) is 11.5 Å². The maximum Gasteiger partial charge on any atom is 0.133 e. The Morgan fingerprint density at radius 3 is 2.43 bits per heavy atom. The van der Waals surface area contributed by atoms with Crippen LogP contribution in [0.2, 0.25) is 0 Å². The van der Waals surface area contributed by atoms with Crippen LogP contribution in [0.4, 0.5) is 0 Å². The van der Waals surface area contributed by atoms with Gasteiger partial charge in [-0.25, -0.2) is 0 Å². The van der Waals surface area contributed by atoms with Crippen molar-refractivity contribution in [2.75, 3.05) is 0 Å². The van der Waals surface area contributed by atoms with E-state index in [0.29, 0.717) is 6.04 Å². The van der Waals surface area contributed by atoms with Gasteiger partial charge in [-0.05, 0) is 36.2 Å². The summed E-state index contributed by atoms with van der Waals surface area (Å²) in [6, 6.07) is 14.9. The highest BCUT2D eigenvalue weighted by atomic mass is 79.9. The van der Waals surface area contributed by atoms with Gasteiger partial charge in [-0.2, -0.15) is 0 Å². The lowest BCUT2D eigenvalue weighted by Crippen LogP contribution is -2.22. The number of hydrogen-bond donors (Lipinski definition) is 1. The SMILES string of the molecule is CCc1ccc(Oc2cc(Br)ccc2CNC(C)C)cc1. The molecule has 3 heteroatoms. The third-order valence-electron chi connectivity index (χ3n) is 3.29. The molecule has 0 bridgehead atoms. The number of halogens is 1. The molecule has 0 aliphatic heterocycles. The average Bonchev–Trinajstić information content (AvgIpc) is 2.47. The summed E-state index contributed by atoms with van der Waals surface area (Å²) in [6.07, 6.45) is 1.04. The van der Waals surface area contributed by atoms with Crippen LogP contribution in [0.15, 0.2) is 46.9 Å². The minimum atomic E-state index is 0.449. The van der Waals surface area contributed by atoms with Crippen molar-refractivity contribution in [3.8, 4) is 11.5 Å². The van der Waals surface area contributed by atoms with Crippen molar-refractivity contribution in [1.29, 1.82) is 0 Å². The summed E-state index contributed by atoms with van der Waals surface area (Å²) in [6.45, 7) is 7.24. The van der Waals surface area contributed by atoms with Crippen molar-refractivity contribution in [2.45, 2.75) is 39.8 Å². The molecule has 0 spiro atoms. The molecular weight excluding hydrogens is 326 g/mol. The smallest absolute Gasteiger partial charge is 0.133 e. The van der Waals surface area contributed by atoms with Crippen molar-refractivity contribution >= 4 is 15.9 Å². The van der Waals surface area contributed by atoms with Crippen LogP contribution in [0.25, 0.3) is 0 Å². The molecular formula is C18H22BrNO. The first-order valence-corrected chi connectivity index (χ1v) is 8.16. The number of aryl methyl sites for hydroxylation is 1. The van der Waals surface area contributed by atoms with Gasteiger partial charge in [0.1, 0.15) is 11.5 Å². The Morgan fingerprint density at radius 2 is 1.81 bits per heavy atom. The molecule has 0 heterocycles. The molecule has 0 atom stereocenters. The van der Waals surface area contributed by atoms with E-state index in [2.05, 4.69) is 60.2 Å². The molecule has 0 unspecified atom stereocenters. The van der Waals surface area contributed by atoms with Crippen LogP contribution in [-0.2, 0) is 13.0 Å². The summed E-state index contributed by atoms with van der Waals surface area (Å²) in [4.78, 5) is 0. The zero-order valence-electron chi connectivity index (χ0n) is 12.8. The van der Waals surface area contributed by atoms with Crippen LogP contribution in [-0.4, -0.2) is 6.04 Å². The van der Waals surface area contributed by atoms with E-state index in [1.54, 1.807) is 0 Å². The number of nitrogens with one attached hydrogen (secondary N) is 1. The first-order valence-electron chi connectivity index (χ1n) is 7.37. The maximum atomic E-state index is 6.05. The van der Waals surface area contributed by atoms with E-state index in [9.17, 15) is 0 Å². The summed E-state index contributed by atoms with van der Waals surface area (Å²) in [5, 5.41) is 3.43. The quantitative estimate of drug-likeness (QED) is 0.765. The maximum absolute atomic E-state index is 6.05. The standard InChI is InChI=1S/C18H22BrNO/c1-4-14-5-9-17(10-6-14)21-18-11-16(19)8-7-15(18)12-20-13(2)3/h5-11,13,20H,4,12H2,1-3H3. The monoisotopic (exact) mass is 347 g/mol. The Bertz CT molecular complexity index is 578. The number of ether oxygens (including phenoxy) is 1. The second kappa shape index (κ2) is 7.62. The lowest BCUT2D eigenvalue weighted by Gasteiger charge is -2.14. The van der Waals surface area contributed by atoms with E-state index in [1.807, 2.05) is 24.3 Å². The van der Waals surface area contributed by atoms with Crippen molar-refractivity contribution in [3.63, 3.8) is 0 Å². The Labute approximate surface area is 135 Å². The van der Waals surface area contributed by atoms with Crippen molar-refractivity contribution in [3.05, 3.63) is 58.1 Å². The summed E-state index contributed by atoms with van der Waals surface area (Å²) in [7, 11) is 0. The zero-order valence-corrected chi connectivity index (χ0v) is 14.4. The van der Waals surface area contributed by atoms with Gasteiger partial charge >= 0.3 is 0 Å². The molecule has 0 saturated carbocycles. The molecule has 21 heavy (non-hydrogen) atoms. The van der Waals surface area contributed by atoms with Crippen LogP contribution >= 0.6 is 15.9 Å². The van der Waals surface area contributed by atoms with Gasteiger partial charge in [-0.3, -0.25) is 0 Å². The van der Waals surface area contributed by atoms with E-state index in [0.717, 1.165) is 34.5 Å². The molecule has 0 saturated heterocycles. The summed E-state index contributed by atoms with van der Waals surface area (Å²) >= 11 is 3.51. The molecule has 0 amide bonds. The van der Waals surface area contributed by atoms with Crippen LogP contribution in [0.3, 0.4) is 0 Å². The molecule has 0 aromatic heterocycles. The number of rotatable bonds is 6. The molecule has 2 aromatic rings. The van der Waals surface area contributed by atoms with Gasteiger partial charge in [0.25, 0.3) is 0 Å². The first kappa shape index (κ1) is 16.1. The van der Waals surface area contributed by atoms with E-state index < -0.39 is 0 Å². The van der Waals surface area contributed by atoms with E-state index >= 15 is 0 Å². The third kappa shape index (κ3) is 4.87. The highest BCUT2D eigenvalue weighted by molar-refractivity contribution is 9.10. The van der Waals surface area contributed by atoms with Crippen molar-refractivity contribution < 1.29 is 4.74 Å². The lowest BCUT2D eigenvalue weighted by molar-refractivity contribution is 0.469. The lowest BCUT2D eigenvalue weighted by atomic mass is 10.1. The largest absolute Gasteiger partial charge is 0.457 e. The van der Waals surface area contributed by atoms with Gasteiger partial charge in [0, 0.05) is 22.6 Å². The Morgan fingerprint density at radius 1 is 1.10 bits per heavy atom. The zero-order chi connectivity index (χ0) is 15.2. The fraction of sp³-hybridized carbons (Fsp3) is 0.333. The molecule has 1 N–H and O–H groups in total. The van der Waals surface area contributed by atoms with E-state index in [-0.39, 0.29) is 0 Å². The normalized spacial score (nSPS) is 10.9. The van der Waals surface area contributed by atoms with Crippen LogP contribution in [0.1, 0.15) is 31.9 Å². The van der Waals surface area contributed by atoms with Crippen LogP contribution in [0, 0.1) is 0 Å². The molecule has 0 aliphatic carbocycles.